The van der Waals surface area contributed by atoms with Crippen LogP contribution in [0, 0.1) is 0 Å². The van der Waals surface area contributed by atoms with Crippen molar-refractivity contribution >= 4 is 18.4 Å². The summed E-state index contributed by atoms with van der Waals surface area (Å²) < 4.78 is 0. The molecule has 2 amide bonds. The molecule has 2 aliphatic rings. The van der Waals surface area contributed by atoms with Gasteiger partial charge in [-0.1, -0.05) is 0 Å². The van der Waals surface area contributed by atoms with E-state index in [-0.39, 0.29) is 18.4 Å². The molecule has 1 saturated carbocycles. The lowest BCUT2D eigenvalue weighted by atomic mass is 10.1. The molecular weight excluding hydrogens is 214 g/mol. The second-order valence-electron chi connectivity index (χ2n) is 4.33. The number of carbonyl (C=O) groups excluding carboxylic acids is 1. The van der Waals surface area contributed by atoms with Crippen LogP contribution in [0.25, 0.3) is 0 Å². The van der Waals surface area contributed by atoms with Gasteiger partial charge in [-0.2, -0.15) is 0 Å². The minimum atomic E-state index is 0. The van der Waals surface area contributed by atoms with E-state index in [1.165, 1.54) is 6.42 Å². The van der Waals surface area contributed by atoms with Crippen molar-refractivity contribution in [1.82, 2.24) is 15.5 Å². The van der Waals surface area contributed by atoms with Crippen LogP contribution in [0.5, 0.6) is 0 Å². The largest absolute Gasteiger partial charge is 0.335 e. The molecule has 5 heteroatoms. The van der Waals surface area contributed by atoms with Crippen LogP contribution in [0.2, 0.25) is 0 Å². The highest BCUT2D eigenvalue weighted by atomic mass is 35.5. The number of nitrogens with zero attached hydrogens (tertiary/aromatic N) is 1. The number of hydrogen-bond acceptors (Lipinski definition) is 2. The number of hydrogen-bond donors (Lipinski definition) is 2. The molecule has 1 saturated heterocycles. The smallest absolute Gasteiger partial charge is 0.317 e. The number of carbonyl (C=O) groups is 1. The third kappa shape index (κ3) is 3.54. The Morgan fingerprint density at radius 2 is 2.13 bits per heavy atom. The molecule has 1 aliphatic heterocycles. The maximum absolute atomic E-state index is 11.7. The van der Waals surface area contributed by atoms with E-state index >= 15 is 0 Å². The van der Waals surface area contributed by atoms with Crippen molar-refractivity contribution < 1.29 is 4.79 Å². The minimum Gasteiger partial charge on any atom is -0.335 e. The van der Waals surface area contributed by atoms with Crippen LogP contribution in [0.1, 0.15) is 25.7 Å². The van der Waals surface area contributed by atoms with Crippen LogP contribution >= 0.6 is 12.4 Å². The predicted molar refractivity (Wildman–Crippen MR) is 62.5 cm³/mol. The van der Waals surface area contributed by atoms with Gasteiger partial charge in [0, 0.05) is 25.7 Å². The fourth-order valence-corrected chi connectivity index (χ4v) is 1.83. The lowest BCUT2D eigenvalue weighted by Gasteiger charge is -2.31. The van der Waals surface area contributed by atoms with E-state index < -0.39 is 0 Å². The highest BCUT2D eigenvalue weighted by Crippen LogP contribution is 2.19. The van der Waals surface area contributed by atoms with Crippen LogP contribution in [-0.4, -0.2) is 43.2 Å². The maximum atomic E-state index is 11.7. The van der Waals surface area contributed by atoms with Crippen molar-refractivity contribution in [2.75, 3.05) is 20.1 Å². The Balaban J connectivity index is 0.00000112. The first-order valence-corrected chi connectivity index (χ1v) is 5.51. The Hall–Kier alpha value is -0.480. The highest BCUT2D eigenvalue weighted by Gasteiger charge is 2.27. The fraction of sp³-hybridized carbons (Fsp3) is 0.900. The molecule has 2 N–H and O–H groups in total. The van der Waals surface area contributed by atoms with Gasteiger partial charge in [0.1, 0.15) is 0 Å². The molecule has 88 valence electrons. The average molecular weight is 234 g/mol. The van der Waals surface area contributed by atoms with Crippen molar-refractivity contribution in [3.05, 3.63) is 0 Å². The molecule has 0 bridgehead atoms. The van der Waals surface area contributed by atoms with Gasteiger partial charge >= 0.3 is 6.03 Å². The summed E-state index contributed by atoms with van der Waals surface area (Å²) in [5.74, 6) is 0. The van der Waals surface area contributed by atoms with E-state index in [2.05, 4.69) is 10.6 Å². The third-order valence-corrected chi connectivity index (χ3v) is 3.04. The summed E-state index contributed by atoms with van der Waals surface area (Å²) in [5.41, 5.74) is 0. The lowest BCUT2D eigenvalue weighted by Crippen LogP contribution is -2.50. The normalized spacial score (nSPS) is 25.3. The maximum Gasteiger partial charge on any atom is 0.317 e. The first kappa shape index (κ1) is 12.6. The van der Waals surface area contributed by atoms with Gasteiger partial charge < -0.3 is 15.5 Å². The second kappa shape index (κ2) is 5.56. The Kier molecular flexibility index (Phi) is 4.67. The summed E-state index contributed by atoms with van der Waals surface area (Å²) in [6.07, 6.45) is 4.61. The summed E-state index contributed by atoms with van der Waals surface area (Å²) in [7, 11) is 1.90. The highest BCUT2D eigenvalue weighted by molar-refractivity contribution is 5.85. The quantitative estimate of drug-likeness (QED) is 0.747. The lowest BCUT2D eigenvalue weighted by molar-refractivity contribution is 0.178. The van der Waals surface area contributed by atoms with Crippen LogP contribution < -0.4 is 10.6 Å². The monoisotopic (exact) mass is 233 g/mol. The first-order chi connectivity index (χ1) is 6.77. The van der Waals surface area contributed by atoms with Crippen LogP contribution in [0.15, 0.2) is 0 Å². The van der Waals surface area contributed by atoms with Gasteiger partial charge in [-0.05, 0) is 32.2 Å². The molecule has 15 heavy (non-hydrogen) atoms. The topological polar surface area (TPSA) is 44.4 Å². The number of urea groups is 1. The molecule has 4 nitrogen and oxygen atoms in total. The summed E-state index contributed by atoms with van der Waals surface area (Å²) in [5, 5.41) is 6.33. The van der Waals surface area contributed by atoms with Gasteiger partial charge in [-0.25, -0.2) is 4.79 Å². The molecule has 2 fully saturated rings. The molecule has 0 aromatic carbocycles. The molecule has 2 rings (SSSR count). The number of piperidine rings is 1. The zero-order valence-corrected chi connectivity index (χ0v) is 9.98. The third-order valence-electron chi connectivity index (χ3n) is 3.04. The van der Waals surface area contributed by atoms with Crippen LogP contribution in [-0.2, 0) is 0 Å². The summed E-state index contributed by atoms with van der Waals surface area (Å²) in [6.45, 7) is 2.03. The standard InChI is InChI=1S/C10H19N3O.ClH/c1-13(9-3-2-6-11-7-9)10(14)12-8-4-5-8;/h8-9,11H,2-7H2,1H3,(H,12,14);1H/t9-;/m1./s1. The van der Waals surface area contributed by atoms with Crippen molar-refractivity contribution in [2.45, 2.75) is 37.8 Å². The van der Waals surface area contributed by atoms with E-state index in [0.717, 1.165) is 32.4 Å². The zero-order valence-electron chi connectivity index (χ0n) is 9.16. The molecule has 0 unspecified atom stereocenters. The molecular formula is C10H20ClN3O. The minimum absolute atomic E-state index is 0. The number of rotatable bonds is 2. The van der Waals surface area contributed by atoms with E-state index in [1.807, 2.05) is 11.9 Å². The van der Waals surface area contributed by atoms with Crippen molar-refractivity contribution in [3.63, 3.8) is 0 Å². The Labute approximate surface area is 97.2 Å². The molecule has 1 aliphatic carbocycles. The Bertz CT molecular complexity index is 215. The predicted octanol–water partition coefficient (Wildman–Crippen LogP) is 0.964. The van der Waals surface area contributed by atoms with E-state index in [4.69, 9.17) is 0 Å². The average Bonchev–Trinajstić information content (AvgIpc) is 3.02. The van der Waals surface area contributed by atoms with Gasteiger partial charge in [-0.15, -0.1) is 12.4 Å². The number of amides is 2. The van der Waals surface area contributed by atoms with E-state index in [0.29, 0.717) is 12.1 Å². The summed E-state index contributed by atoms with van der Waals surface area (Å²) in [4.78, 5) is 13.5. The zero-order chi connectivity index (χ0) is 9.97. The Morgan fingerprint density at radius 3 is 2.67 bits per heavy atom. The first-order valence-electron chi connectivity index (χ1n) is 5.51. The molecule has 0 aromatic rings. The molecule has 1 heterocycles. The number of nitrogens with one attached hydrogen (secondary N) is 2. The Morgan fingerprint density at radius 1 is 1.40 bits per heavy atom. The molecule has 1 atom stereocenters. The van der Waals surface area contributed by atoms with Crippen LogP contribution in [0.3, 0.4) is 0 Å². The van der Waals surface area contributed by atoms with Gasteiger partial charge in [0.15, 0.2) is 0 Å². The van der Waals surface area contributed by atoms with Gasteiger partial charge in [0.2, 0.25) is 0 Å². The number of halogens is 1. The van der Waals surface area contributed by atoms with Crippen molar-refractivity contribution in [1.29, 1.82) is 0 Å². The van der Waals surface area contributed by atoms with Gasteiger partial charge in [-0.3, -0.25) is 0 Å². The summed E-state index contributed by atoms with van der Waals surface area (Å²) >= 11 is 0. The van der Waals surface area contributed by atoms with E-state index in [1.54, 1.807) is 0 Å². The van der Waals surface area contributed by atoms with Gasteiger partial charge in [0.05, 0.1) is 0 Å². The molecule has 0 radical (unpaired) electrons. The molecule has 0 spiro atoms. The van der Waals surface area contributed by atoms with Crippen molar-refractivity contribution in [2.24, 2.45) is 0 Å². The summed E-state index contributed by atoms with van der Waals surface area (Å²) in [6, 6.07) is 0.935. The molecule has 0 aromatic heterocycles. The van der Waals surface area contributed by atoms with Crippen molar-refractivity contribution in [3.8, 4) is 0 Å². The fourth-order valence-electron chi connectivity index (χ4n) is 1.83. The SMILES string of the molecule is CN(C(=O)NC1CC1)[C@@H]1CCCNC1.Cl. The van der Waals surface area contributed by atoms with Crippen LogP contribution in [0.4, 0.5) is 4.79 Å². The van der Waals surface area contributed by atoms with Gasteiger partial charge in [0.25, 0.3) is 0 Å². The number of likely N-dealkylation sites (N-methyl/N-ethyl adjacent to an activating group) is 1. The van der Waals surface area contributed by atoms with E-state index in [9.17, 15) is 4.79 Å². The second-order valence-corrected chi connectivity index (χ2v) is 4.33.